The van der Waals surface area contributed by atoms with Gasteiger partial charge in [0.2, 0.25) is 0 Å². The number of hydrogen-bond acceptors (Lipinski definition) is 6. The summed E-state index contributed by atoms with van der Waals surface area (Å²) >= 11 is 0. The summed E-state index contributed by atoms with van der Waals surface area (Å²) in [5.74, 6) is 1.13. The molecule has 5 rings (SSSR count). The van der Waals surface area contributed by atoms with E-state index in [9.17, 15) is 9.90 Å². The van der Waals surface area contributed by atoms with Crippen molar-refractivity contribution >= 4 is 39.0 Å². The lowest BCUT2D eigenvalue weighted by atomic mass is 9.99. The Morgan fingerprint density at radius 2 is 1.89 bits per heavy atom. The molecule has 1 N–H and O–H groups in total. The van der Waals surface area contributed by atoms with Gasteiger partial charge in [0.1, 0.15) is 44.8 Å². The van der Waals surface area contributed by atoms with Crippen molar-refractivity contribution < 1.29 is 23.4 Å². The fourth-order valence-corrected chi connectivity index (χ4v) is 3.59. The summed E-state index contributed by atoms with van der Waals surface area (Å²) in [6, 6.07) is 6.29. The Morgan fingerprint density at radius 1 is 1.07 bits per heavy atom. The molecule has 0 fully saturated rings. The molecule has 0 amide bonds. The van der Waals surface area contributed by atoms with Crippen molar-refractivity contribution in [2.75, 3.05) is 7.11 Å². The number of benzene rings is 2. The first-order valence-electron chi connectivity index (χ1n) is 8.49. The summed E-state index contributed by atoms with van der Waals surface area (Å²) in [7, 11) is 1.55. The zero-order chi connectivity index (χ0) is 18.9. The molecule has 27 heavy (non-hydrogen) atoms. The molecule has 0 spiro atoms. The van der Waals surface area contributed by atoms with Gasteiger partial charge in [0.25, 0.3) is 0 Å². The molecule has 0 saturated carbocycles. The molecule has 0 bridgehead atoms. The van der Waals surface area contributed by atoms with Crippen LogP contribution in [0.4, 0.5) is 0 Å². The molecule has 2 aromatic carbocycles. The summed E-state index contributed by atoms with van der Waals surface area (Å²) in [5, 5.41) is 11.2. The van der Waals surface area contributed by atoms with E-state index in [0.29, 0.717) is 44.4 Å². The normalized spacial score (nSPS) is 15.2. The topological polar surface area (TPSA) is 82.0 Å². The van der Waals surface area contributed by atoms with Gasteiger partial charge in [-0.3, -0.25) is 0 Å². The van der Waals surface area contributed by atoms with Gasteiger partial charge < -0.3 is 23.4 Å². The van der Waals surface area contributed by atoms with E-state index in [-0.39, 0.29) is 5.75 Å². The molecular formula is C21H16O6. The van der Waals surface area contributed by atoms with Crippen molar-refractivity contribution in [1.29, 1.82) is 0 Å². The number of methoxy groups -OCH3 is 1. The summed E-state index contributed by atoms with van der Waals surface area (Å²) < 4.78 is 23.2. The van der Waals surface area contributed by atoms with E-state index in [1.54, 1.807) is 19.2 Å². The number of fused-ring (bicyclic) bond motifs is 6. The lowest BCUT2D eigenvalue weighted by Crippen LogP contribution is -2.27. The van der Waals surface area contributed by atoms with Crippen molar-refractivity contribution in [3.8, 4) is 17.2 Å². The third kappa shape index (κ3) is 2.16. The Morgan fingerprint density at radius 3 is 2.67 bits per heavy atom. The molecule has 2 aromatic heterocycles. The van der Waals surface area contributed by atoms with Gasteiger partial charge in [-0.25, -0.2) is 4.79 Å². The standard InChI is InChI=1S/C21H16O6/c1-21(2)7-6-12-14(27-21)9-15-17(18(12)24-3)19-16(20(23)26-15)11-5-4-10(22)8-13(11)25-19/h4-9,22H,1-3H3. The number of hydrogen-bond donors (Lipinski definition) is 1. The number of phenols is 1. The Balaban J connectivity index is 1.99. The van der Waals surface area contributed by atoms with Crippen LogP contribution >= 0.6 is 0 Å². The minimum atomic E-state index is -0.519. The number of ether oxygens (including phenoxy) is 2. The van der Waals surface area contributed by atoms with Crippen LogP contribution in [0, 0.1) is 0 Å². The van der Waals surface area contributed by atoms with Crippen LogP contribution in [0.2, 0.25) is 0 Å². The van der Waals surface area contributed by atoms with E-state index in [4.69, 9.17) is 18.3 Å². The number of phenolic OH excluding ortho intramolecular Hbond substituents is 1. The summed E-state index contributed by atoms with van der Waals surface area (Å²) in [6.07, 6.45) is 3.87. The first-order chi connectivity index (χ1) is 12.9. The quantitative estimate of drug-likeness (QED) is 0.498. The lowest BCUT2D eigenvalue weighted by Gasteiger charge is -2.28. The third-order valence-corrected chi connectivity index (χ3v) is 4.78. The molecule has 4 aromatic rings. The average molecular weight is 364 g/mol. The average Bonchev–Trinajstić information content (AvgIpc) is 2.97. The molecule has 1 aliphatic heterocycles. The van der Waals surface area contributed by atoms with Crippen LogP contribution in [0.1, 0.15) is 19.4 Å². The molecule has 3 heterocycles. The predicted octanol–water partition coefficient (Wildman–Crippen LogP) is 4.59. The fraction of sp³-hybridized carbons (Fsp3) is 0.190. The highest BCUT2D eigenvalue weighted by atomic mass is 16.5. The minimum Gasteiger partial charge on any atom is -0.508 e. The van der Waals surface area contributed by atoms with Crippen molar-refractivity contribution in [2.24, 2.45) is 0 Å². The highest BCUT2D eigenvalue weighted by molar-refractivity contribution is 6.15. The van der Waals surface area contributed by atoms with Gasteiger partial charge in [-0.2, -0.15) is 0 Å². The number of rotatable bonds is 1. The summed E-state index contributed by atoms with van der Waals surface area (Å²) in [5.41, 5.74) is 0.833. The molecule has 0 atom stereocenters. The van der Waals surface area contributed by atoms with Crippen molar-refractivity contribution in [2.45, 2.75) is 19.4 Å². The molecule has 0 radical (unpaired) electrons. The zero-order valence-electron chi connectivity index (χ0n) is 15.0. The van der Waals surface area contributed by atoms with Gasteiger partial charge in [-0.15, -0.1) is 0 Å². The lowest BCUT2D eigenvalue weighted by molar-refractivity contribution is 0.158. The molecule has 0 aliphatic carbocycles. The highest BCUT2D eigenvalue weighted by Crippen LogP contribution is 2.45. The Kier molecular flexibility index (Phi) is 2.97. The van der Waals surface area contributed by atoms with Crippen molar-refractivity contribution in [3.63, 3.8) is 0 Å². The molecule has 6 heteroatoms. The van der Waals surface area contributed by atoms with Crippen LogP contribution in [0.3, 0.4) is 0 Å². The zero-order valence-corrected chi connectivity index (χ0v) is 15.0. The van der Waals surface area contributed by atoms with E-state index in [0.717, 1.165) is 5.56 Å². The number of aromatic hydroxyl groups is 1. The third-order valence-electron chi connectivity index (χ3n) is 4.78. The smallest absolute Gasteiger partial charge is 0.348 e. The monoisotopic (exact) mass is 364 g/mol. The van der Waals surface area contributed by atoms with E-state index >= 15 is 0 Å². The molecule has 1 aliphatic rings. The maximum atomic E-state index is 12.7. The van der Waals surface area contributed by atoms with E-state index in [1.165, 1.54) is 12.1 Å². The van der Waals surface area contributed by atoms with Gasteiger partial charge in [0.15, 0.2) is 5.58 Å². The summed E-state index contributed by atoms with van der Waals surface area (Å²) in [4.78, 5) is 12.7. The van der Waals surface area contributed by atoms with Crippen LogP contribution in [-0.2, 0) is 0 Å². The second-order valence-electron chi connectivity index (χ2n) is 7.11. The van der Waals surface area contributed by atoms with Gasteiger partial charge in [-0.05, 0) is 38.1 Å². The van der Waals surface area contributed by atoms with Crippen LogP contribution in [0.5, 0.6) is 17.2 Å². The minimum absolute atomic E-state index is 0.0539. The van der Waals surface area contributed by atoms with Crippen LogP contribution in [0.25, 0.3) is 39.0 Å². The highest BCUT2D eigenvalue weighted by Gasteiger charge is 2.28. The molecule has 0 unspecified atom stereocenters. The maximum absolute atomic E-state index is 12.7. The van der Waals surface area contributed by atoms with E-state index in [2.05, 4.69) is 0 Å². The van der Waals surface area contributed by atoms with Crippen LogP contribution < -0.4 is 15.1 Å². The predicted molar refractivity (Wildman–Crippen MR) is 102 cm³/mol. The van der Waals surface area contributed by atoms with Gasteiger partial charge in [0, 0.05) is 17.5 Å². The Hall–Kier alpha value is -3.41. The van der Waals surface area contributed by atoms with Crippen LogP contribution in [-0.4, -0.2) is 17.8 Å². The first kappa shape index (κ1) is 15.8. The molecule has 6 nitrogen and oxygen atoms in total. The van der Waals surface area contributed by atoms with Crippen molar-refractivity contribution in [3.05, 3.63) is 46.3 Å². The number of furan rings is 1. The first-order valence-corrected chi connectivity index (χ1v) is 8.49. The second-order valence-corrected chi connectivity index (χ2v) is 7.11. The second kappa shape index (κ2) is 5.07. The van der Waals surface area contributed by atoms with Crippen molar-refractivity contribution in [1.82, 2.24) is 0 Å². The fourth-order valence-electron chi connectivity index (χ4n) is 3.59. The largest absolute Gasteiger partial charge is 0.508 e. The molecule has 136 valence electrons. The SMILES string of the molecule is COc1c2c(cc3oc(=O)c4c5ccc(O)cc5oc4c13)OC(C)(C)C=C2. The maximum Gasteiger partial charge on any atom is 0.348 e. The van der Waals surface area contributed by atoms with Crippen LogP contribution in [0.15, 0.2) is 44.0 Å². The molecule has 0 saturated heterocycles. The Labute approximate surface area is 153 Å². The van der Waals surface area contributed by atoms with Gasteiger partial charge in [0.05, 0.1) is 12.7 Å². The Bertz CT molecular complexity index is 1340. The van der Waals surface area contributed by atoms with E-state index < -0.39 is 11.2 Å². The summed E-state index contributed by atoms with van der Waals surface area (Å²) in [6.45, 7) is 3.88. The van der Waals surface area contributed by atoms with Gasteiger partial charge in [-0.1, -0.05) is 0 Å². The molecular weight excluding hydrogens is 348 g/mol. The van der Waals surface area contributed by atoms with E-state index in [1.807, 2.05) is 26.0 Å². The van der Waals surface area contributed by atoms with Gasteiger partial charge >= 0.3 is 5.63 Å².